The van der Waals surface area contributed by atoms with Crippen LogP contribution in [-0.4, -0.2) is 43.3 Å². The van der Waals surface area contributed by atoms with E-state index in [-0.39, 0.29) is 10.4 Å². The summed E-state index contributed by atoms with van der Waals surface area (Å²) in [6.07, 6.45) is 0. The Morgan fingerprint density at radius 1 is 1.36 bits per heavy atom. The summed E-state index contributed by atoms with van der Waals surface area (Å²) >= 11 is -3.03. The van der Waals surface area contributed by atoms with Gasteiger partial charge in [-0.25, -0.2) is 0 Å². The number of hydrogen-bond donors (Lipinski definition) is 1. The van der Waals surface area contributed by atoms with Crippen LogP contribution < -0.4 is 4.46 Å². The number of benzene rings is 1. The Bertz CT molecular complexity index is 376. The number of carbonyl (C=O) groups excluding carboxylic acids is 1. The first kappa shape index (κ1) is 11.0. The molecule has 0 bridgehead atoms. The molecule has 5 heteroatoms. The molecule has 1 rings (SSSR count). The molecule has 0 saturated carbocycles. The van der Waals surface area contributed by atoms with Gasteiger partial charge in [-0.3, -0.25) is 0 Å². The minimum absolute atomic E-state index is 0.242. The van der Waals surface area contributed by atoms with Crippen molar-refractivity contribution in [2.45, 2.75) is 0 Å². The van der Waals surface area contributed by atoms with Crippen molar-refractivity contribution in [1.82, 2.24) is 4.90 Å². The molecule has 0 heterocycles. The average molecular weight is 260 g/mol. The van der Waals surface area contributed by atoms with Gasteiger partial charge in [0.2, 0.25) is 0 Å². The molecule has 14 heavy (non-hydrogen) atoms. The summed E-state index contributed by atoms with van der Waals surface area (Å²) in [5.41, 5.74) is 0.306. The van der Waals surface area contributed by atoms with E-state index in [1.165, 1.54) is 11.0 Å². The molecule has 0 radical (unpaired) electrons. The maximum atomic E-state index is 11.6. The van der Waals surface area contributed by atoms with Crippen LogP contribution in [-0.2, 0) is 3.83 Å². The van der Waals surface area contributed by atoms with Gasteiger partial charge in [-0.15, -0.1) is 0 Å². The molecule has 1 N–H and O–H groups in total. The van der Waals surface area contributed by atoms with Gasteiger partial charge in [-0.05, 0) is 0 Å². The fourth-order valence-corrected chi connectivity index (χ4v) is 2.17. The number of rotatable bonds is 2. The van der Waals surface area contributed by atoms with Gasteiger partial charge in [0.25, 0.3) is 0 Å². The Balaban J connectivity index is 3.20. The van der Waals surface area contributed by atoms with E-state index in [2.05, 4.69) is 0 Å². The minimum atomic E-state index is -3.03. The second-order valence-electron chi connectivity index (χ2n) is 2.94. The second-order valence-corrected chi connectivity index (χ2v) is 4.91. The second kappa shape index (κ2) is 4.46. The van der Waals surface area contributed by atoms with Crippen LogP contribution in [0.15, 0.2) is 24.3 Å². The molecule has 1 amide bonds. The Kier molecular flexibility index (Phi) is 3.52. The fourth-order valence-electron chi connectivity index (χ4n) is 1.04. The van der Waals surface area contributed by atoms with Gasteiger partial charge in [0.05, 0.1) is 0 Å². The number of amides is 1. The fraction of sp³-hybridized carbons (Fsp3) is 0.222. The molecule has 0 aliphatic heterocycles. The van der Waals surface area contributed by atoms with E-state index in [1.807, 2.05) is 0 Å². The first-order chi connectivity index (χ1) is 6.54. The monoisotopic (exact) mass is 261 g/mol. The Labute approximate surface area is 86.6 Å². The zero-order valence-corrected chi connectivity index (χ0v) is 9.64. The van der Waals surface area contributed by atoms with Gasteiger partial charge in [0.1, 0.15) is 0 Å². The zero-order chi connectivity index (χ0) is 10.7. The molecule has 0 fully saturated rings. The van der Waals surface area contributed by atoms with Crippen LogP contribution >= 0.6 is 0 Å². The molecule has 0 aliphatic carbocycles. The van der Waals surface area contributed by atoms with Crippen molar-refractivity contribution in [3.05, 3.63) is 29.8 Å². The molecule has 0 aromatic heterocycles. The molecule has 1 aromatic rings. The molecular formula is C9H11NO3Se. The zero-order valence-electron chi connectivity index (χ0n) is 7.93. The maximum absolute atomic E-state index is 11.6. The average Bonchev–Trinajstić information content (AvgIpc) is 2.16. The Morgan fingerprint density at radius 3 is 2.43 bits per heavy atom. The Hall–Kier alpha value is -1.03. The predicted molar refractivity (Wildman–Crippen MR) is 52.8 cm³/mol. The molecule has 4 nitrogen and oxygen atoms in total. The first-order valence-corrected chi connectivity index (χ1v) is 6.27. The molecule has 76 valence electrons. The molecule has 1 atom stereocenters. The van der Waals surface area contributed by atoms with Crippen molar-refractivity contribution in [2.24, 2.45) is 0 Å². The van der Waals surface area contributed by atoms with Crippen LogP contribution in [0.5, 0.6) is 0 Å². The third kappa shape index (κ3) is 2.26. The van der Waals surface area contributed by atoms with Crippen molar-refractivity contribution in [3.63, 3.8) is 0 Å². The van der Waals surface area contributed by atoms with Gasteiger partial charge in [0.15, 0.2) is 0 Å². The number of nitrogens with zero attached hydrogens (tertiary/aromatic N) is 1. The normalized spacial score (nSPS) is 12.2. The SMILES string of the molecule is CN(C)C(=O)c1ccccc1[Se](=O)O. The van der Waals surface area contributed by atoms with Crippen LogP contribution in [0.2, 0.25) is 0 Å². The summed E-state index contributed by atoms with van der Waals surface area (Å²) in [5, 5.41) is 0. The third-order valence-corrected chi connectivity index (χ3v) is 3.25. The van der Waals surface area contributed by atoms with Crippen LogP contribution in [0.1, 0.15) is 10.4 Å². The summed E-state index contributed by atoms with van der Waals surface area (Å²) in [4.78, 5) is 12.9. The topological polar surface area (TPSA) is 57.6 Å². The summed E-state index contributed by atoms with van der Waals surface area (Å²) in [7, 11) is 3.21. The van der Waals surface area contributed by atoms with E-state index < -0.39 is 14.2 Å². The van der Waals surface area contributed by atoms with Crippen LogP contribution in [0.4, 0.5) is 0 Å². The summed E-state index contributed by atoms with van der Waals surface area (Å²) in [6, 6.07) is 6.39. The van der Waals surface area contributed by atoms with E-state index in [0.29, 0.717) is 5.56 Å². The number of hydrogen-bond acceptors (Lipinski definition) is 2. The van der Waals surface area contributed by atoms with Crippen molar-refractivity contribution in [1.29, 1.82) is 0 Å². The van der Waals surface area contributed by atoms with Crippen LogP contribution in [0.25, 0.3) is 0 Å². The quantitative estimate of drug-likeness (QED) is 0.730. The van der Waals surface area contributed by atoms with Gasteiger partial charge < -0.3 is 0 Å². The van der Waals surface area contributed by atoms with Crippen molar-refractivity contribution in [2.75, 3.05) is 14.1 Å². The van der Waals surface area contributed by atoms with Gasteiger partial charge in [-0.2, -0.15) is 0 Å². The van der Waals surface area contributed by atoms with E-state index in [1.54, 1.807) is 32.3 Å². The predicted octanol–water partition coefficient (Wildman–Crippen LogP) is -0.494. The summed E-state index contributed by atoms with van der Waals surface area (Å²) in [6.45, 7) is 0. The molecular weight excluding hydrogens is 249 g/mol. The van der Waals surface area contributed by atoms with Crippen molar-refractivity contribution in [3.8, 4) is 0 Å². The van der Waals surface area contributed by atoms with Crippen LogP contribution in [0, 0.1) is 0 Å². The molecule has 0 saturated heterocycles. The molecule has 0 spiro atoms. The van der Waals surface area contributed by atoms with Gasteiger partial charge >= 0.3 is 86.2 Å². The van der Waals surface area contributed by atoms with Gasteiger partial charge in [0, 0.05) is 0 Å². The van der Waals surface area contributed by atoms with Crippen LogP contribution in [0.3, 0.4) is 0 Å². The summed E-state index contributed by atoms with van der Waals surface area (Å²) in [5.74, 6) is -0.251. The molecule has 1 unspecified atom stereocenters. The van der Waals surface area contributed by atoms with Crippen molar-refractivity contribution < 1.29 is 12.8 Å². The van der Waals surface area contributed by atoms with Crippen molar-refractivity contribution >= 4 is 24.5 Å². The van der Waals surface area contributed by atoms with E-state index in [0.717, 1.165) is 0 Å². The Morgan fingerprint density at radius 2 is 1.93 bits per heavy atom. The van der Waals surface area contributed by atoms with E-state index in [9.17, 15) is 8.63 Å². The van der Waals surface area contributed by atoms with Gasteiger partial charge in [-0.1, -0.05) is 0 Å². The number of carbonyl (C=O) groups is 1. The summed E-state index contributed by atoms with van der Waals surface area (Å²) < 4.78 is 20.3. The molecule has 0 aliphatic rings. The molecule has 1 aromatic carbocycles. The third-order valence-electron chi connectivity index (χ3n) is 1.71. The van der Waals surface area contributed by atoms with E-state index in [4.69, 9.17) is 4.19 Å². The first-order valence-electron chi connectivity index (χ1n) is 3.95. The van der Waals surface area contributed by atoms with E-state index >= 15 is 0 Å². The standard InChI is InChI=1S/C9H11NO3Se/c1-10(2)9(11)7-5-3-4-6-8(7)14(12)13/h3-6H,1-2H3,(H,12,13).